The van der Waals surface area contributed by atoms with E-state index in [1.54, 1.807) is 0 Å². The molecule has 4 heteroatoms. The van der Waals surface area contributed by atoms with Crippen molar-refractivity contribution in [2.75, 3.05) is 19.7 Å². The van der Waals surface area contributed by atoms with Crippen molar-refractivity contribution >= 4 is 5.96 Å². The Bertz CT molecular complexity index is 249. The van der Waals surface area contributed by atoms with Crippen LogP contribution in [0.4, 0.5) is 0 Å². The summed E-state index contributed by atoms with van der Waals surface area (Å²) < 4.78 is 0. The third-order valence-electron chi connectivity index (χ3n) is 3.11. The number of hydrogen-bond acceptors (Lipinski definition) is 2. The van der Waals surface area contributed by atoms with E-state index in [9.17, 15) is 0 Å². The first-order valence-corrected chi connectivity index (χ1v) is 7.31. The number of guanidine groups is 1. The lowest BCUT2D eigenvalue weighted by Gasteiger charge is -2.17. The Morgan fingerprint density at radius 3 is 2.61 bits per heavy atom. The number of hydrogen-bond donors (Lipinski definition) is 3. The van der Waals surface area contributed by atoms with Gasteiger partial charge in [-0.15, -0.1) is 0 Å². The van der Waals surface area contributed by atoms with Crippen LogP contribution in [-0.4, -0.2) is 36.8 Å². The average Bonchev–Trinajstić information content (AvgIpc) is 3.09. The van der Waals surface area contributed by atoms with Crippen LogP contribution in [-0.2, 0) is 0 Å². The van der Waals surface area contributed by atoms with Crippen LogP contribution in [0, 0.1) is 11.8 Å². The normalized spacial score (nSPS) is 17.9. The van der Waals surface area contributed by atoms with Crippen molar-refractivity contribution in [2.45, 2.75) is 52.5 Å². The number of nitrogens with zero attached hydrogens (tertiary/aromatic N) is 1. The van der Waals surface area contributed by atoms with Gasteiger partial charge < -0.3 is 15.7 Å². The molecule has 18 heavy (non-hydrogen) atoms. The molecule has 1 aliphatic rings. The molecule has 1 saturated carbocycles. The smallest absolute Gasteiger partial charge is 0.191 e. The van der Waals surface area contributed by atoms with Crippen LogP contribution in [0.5, 0.6) is 0 Å². The van der Waals surface area contributed by atoms with Crippen LogP contribution >= 0.6 is 0 Å². The molecule has 0 bridgehead atoms. The molecule has 106 valence electrons. The standard InChI is InChI=1S/C14H29N3O/c1-4-15-14(17-13-5-6-13)16-10-12(7-8-18)9-11(2)3/h11-13,18H,4-10H2,1-3H3,(H2,15,16,17). The summed E-state index contributed by atoms with van der Waals surface area (Å²) in [4.78, 5) is 4.65. The first-order chi connectivity index (χ1) is 8.65. The summed E-state index contributed by atoms with van der Waals surface area (Å²) in [6.07, 6.45) is 4.50. The van der Waals surface area contributed by atoms with Crippen LogP contribution in [0.3, 0.4) is 0 Å². The van der Waals surface area contributed by atoms with Gasteiger partial charge >= 0.3 is 0 Å². The second-order valence-electron chi connectivity index (χ2n) is 5.65. The highest BCUT2D eigenvalue weighted by Gasteiger charge is 2.22. The van der Waals surface area contributed by atoms with Crippen LogP contribution in [0.1, 0.15) is 46.5 Å². The Hall–Kier alpha value is -0.770. The largest absolute Gasteiger partial charge is 0.396 e. The van der Waals surface area contributed by atoms with Crippen LogP contribution in [0.15, 0.2) is 4.99 Å². The minimum Gasteiger partial charge on any atom is -0.396 e. The minimum absolute atomic E-state index is 0.263. The van der Waals surface area contributed by atoms with E-state index in [1.807, 2.05) is 0 Å². The molecule has 0 radical (unpaired) electrons. The molecule has 0 aliphatic heterocycles. The molecule has 1 rings (SSSR count). The second kappa shape index (κ2) is 8.35. The first kappa shape index (κ1) is 15.3. The Labute approximate surface area is 111 Å². The van der Waals surface area contributed by atoms with Crippen molar-refractivity contribution < 1.29 is 5.11 Å². The fourth-order valence-electron chi connectivity index (χ4n) is 2.09. The van der Waals surface area contributed by atoms with Crippen LogP contribution in [0.25, 0.3) is 0 Å². The van der Waals surface area contributed by atoms with Crippen molar-refractivity contribution in [3.05, 3.63) is 0 Å². The van der Waals surface area contributed by atoms with Gasteiger partial charge in [-0.1, -0.05) is 13.8 Å². The molecular weight excluding hydrogens is 226 g/mol. The van der Waals surface area contributed by atoms with Gasteiger partial charge in [0.15, 0.2) is 5.96 Å². The van der Waals surface area contributed by atoms with E-state index in [1.165, 1.54) is 12.8 Å². The van der Waals surface area contributed by atoms with Gasteiger partial charge in [-0.3, -0.25) is 4.99 Å². The van der Waals surface area contributed by atoms with Crippen molar-refractivity contribution in [2.24, 2.45) is 16.8 Å². The zero-order valence-electron chi connectivity index (χ0n) is 12.1. The molecule has 0 heterocycles. The maximum Gasteiger partial charge on any atom is 0.191 e. The highest BCUT2D eigenvalue weighted by Crippen LogP contribution is 2.19. The number of aliphatic imine (C=N–C) groups is 1. The highest BCUT2D eigenvalue weighted by molar-refractivity contribution is 5.80. The fourth-order valence-corrected chi connectivity index (χ4v) is 2.09. The summed E-state index contributed by atoms with van der Waals surface area (Å²) in [6, 6.07) is 0.629. The Kier molecular flexibility index (Phi) is 7.09. The molecule has 0 aromatic rings. The molecule has 1 aliphatic carbocycles. The van der Waals surface area contributed by atoms with Crippen molar-refractivity contribution in [3.63, 3.8) is 0 Å². The Balaban J connectivity index is 2.41. The Morgan fingerprint density at radius 1 is 1.39 bits per heavy atom. The van der Waals surface area contributed by atoms with E-state index in [2.05, 4.69) is 36.4 Å². The van der Waals surface area contributed by atoms with Crippen LogP contribution in [0.2, 0.25) is 0 Å². The van der Waals surface area contributed by atoms with Gasteiger partial charge in [0.25, 0.3) is 0 Å². The quantitative estimate of drug-likeness (QED) is 0.457. The summed E-state index contributed by atoms with van der Waals surface area (Å²) in [6.45, 7) is 8.50. The lowest BCUT2D eigenvalue weighted by Crippen LogP contribution is -2.39. The molecule has 0 spiro atoms. The molecule has 0 aromatic heterocycles. The number of aliphatic hydroxyl groups excluding tert-OH is 1. The van der Waals surface area contributed by atoms with E-state index in [0.717, 1.165) is 31.9 Å². The van der Waals surface area contributed by atoms with Gasteiger partial charge in [0, 0.05) is 25.7 Å². The predicted molar refractivity (Wildman–Crippen MR) is 76.8 cm³/mol. The number of nitrogens with one attached hydrogen (secondary N) is 2. The third-order valence-corrected chi connectivity index (χ3v) is 3.11. The van der Waals surface area contributed by atoms with E-state index < -0.39 is 0 Å². The highest BCUT2D eigenvalue weighted by atomic mass is 16.3. The molecule has 1 fully saturated rings. The molecule has 4 nitrogen and oxygen atoms in total. The summed E-state index contributed by atoms with van der Waals surface area (Å²) in [5, 5.41) is 15.8. The second-order valence-corrected chi connectivity index (χ2v) is 5.65. The molecular formula is C14H29N3O. The fraction of sp³-hybridized carbons (Fsp3) is 0.929. The monoisotopic (exact) mass is 255 g/mol. The zero-order valence-corrected chi connectivity index (χ0v) is 12.1. The SMILES string of the molecule is CCNC(=NCC(CCO)CC(C)C)NC1CC1. The van der Waals surface area contributed by atoms with E-state index in [-0.39, 0.29) is 6.61 Å². The van der Waals surface area contributed by atoms with Gasteiger partial charge in [-0.25, -0.2) is 0 Å². The minimum atomic E-state index is 0.263. The third kappa shape index (κ3) is 6.84. The zero-order chi connectivity index (χ0) is 13.4. The molecule has 1 unspecified atom stereocenters. The summed E-state index contributed by atoms with van der Waals surface area (Å²) in [5.74, 6) is 2.09. The van der Waals surface area contributed by atoms with E-state index in [0.29, 0.717) is 17.9 Å². The molecule has 0 saturated heterocycles. The number of rotatable bonds is 8. The van der Waals surface area contributed by atoms with Gasteiger partial charge in [-0.2, -0.15) is 0 Å². The van der Waals surface area contributed by atoms with Gasteiger partial charge in [0.05, 0.1) is 0 Å². The summed E-state index contributed by atoms with van der Waals surface area (Å²) in [5.41, 5.74) is 0. The van der Waals surface area contributed by atoms with Gasteiger partial charge in [0.1, 0.15) is 0 Å². The predicted octanol–water partition coefficient (Wildman–Crippen LogP) is 1.75. The van der Waals surface area contributed by atoms with E-state index >= 15 is 0 Å². The topological polar surface area (TPSA) is 56.7 Å². The average molecular weight is 255 g/mol. The first-order valence-electron chi connectivity index (χ1n) is 7.31. The molecule has 1 atom stereocenters. The van der Waals surface area contributed by atoms with Gasteiger partial charge in [0.2, 0.25) is 0 Å². The summed E-state index contributed by atoms with van der Waals surface area (Å²) in [7, 11) is 0. The lowest BCUT2D eigenvalue weighted by molar-refractivity contribution is 0.245. The maximum atomic E-state index is 9.09. The van der Waals surface area contributed by atoms with Crippen molar-refractivity contribution in [1.82, 2.24) is 10.6 Å². The molecule has 0 aromatic carbocycles. The molecule has 3 N–H and O–H groups in total. The van der Waals surface area contributed by atoms with Gasteiger partial charge in [-0.05, 0) is 44.4 Å². The Morgan fingerprint density at radius 2 is 2.11 bits per heavy atom. The van der Waals surface area contributed by atoms with Crippen molar-refractivity contribution in [1.29, 1.82) is 0 Å². The number of aliphatic hydroxyl groups is 1. The molecule has 0 amide bonds. The lowest BCUT2D eigenvalue weighted by atomic mass is 9.94. The van der Waals surface area contributed by atoms with Crippen LogP contribution < -0.4 is 10.6 Å². The summed E-state index contributed by atoms with van der Waals surface area (Å²) >= 11 is 0. The van der Waals surface area contributed by atoms with E-state index in [4.69, 9.17) is 5.11 Å². The maximum absolute atomic E-state index is 9.09. The van der Waals surface area contributed by atoms with Crippen molar-refractivity contribution in [3.8, 4) is 0 Å².